The molecule has 0 radical (unpaired) electrons. The van der Waals surface area contributed by atoms with Crippen LogP contribution in [0.3, 0.4) is 0 Å². The summed E-state index contributed by atoms with van der Waals surface area (Å²) in [5.74, 6) is 0. The fourth-order valence-electron chi connectivity index (χ4n) is 2.57. The fourth-order valence-corrected chi connectivity index (χ4v) is 2.84. The summed E-state index contributed by atoms with van der Waals surface area (Å²) in [6.07, 6.45) is 3.96. The molecule has 0 aliphatic heterocycles. The molecule has 1 aliphatic rings. The second kappa shape index (κ2) is 3.70. The van der Waals surface area contributed by atoms with Gasteiger partial charge in [0.2, 0.25) is 0 Å². The Balaban J connectivity index is 2.09. The number of nitrogens with zero attached hydrogens (tertiary/aromatic N) is 1. The summed E-state index contributed by atoms with van der Waals surface area (Å²) < 4.78 is 3.14. The summed E-state index contributed by atoms with van der Waals surface area (Å²) in [5, 5.41) is 0. The molecule has 1 aromatic heterocycles. The van der Waals surface area contributed by atoms with E-state index >= 15 is 0 Å². The maximum absolute atomic E-state index is 5.45. The van der Waals surface area contributed by atoms with Gasteiger partial charge in [-0.15, -0.1) is 0 Å². The number of nitrogens with one attached hydrogen (secondary N) is 1. The molecule has 0 spiro atoms. The molecule has 0 saturated heterocycles. The van der Waals surface area contributed by atoms with Crippen molar-refractivity contribution in [3.05, 3.63) is 28.5 Å². The maximum atomic E-state index is 5.45. The average molecular weight is 246 g/mol. The minimum absolute atomic E-state index is 0.526. The van der Waals surface area contributed by atoms with Crippen molar-refractivity contribution in [2.45, 2.75) is 39.7 Å². The Morgan fingerprint density at radius 1 is 1.41 bits per heavy atom. The molecule has 17 heavy (non-hydrogen) atoms. The van der Waals surface area contributed by atoms with Gasteiger partial charge >= 0.3 is 0 Å². The van der Waals surface area contributed by atoms with Crippen LogP contribution in [0.15, 0.2) is 18.2 Å². The number of imidazole rings is 1. The lowest BCUT2D eigenvalue weighted by Gasteiger charge is -2.13. The molecule has 1 saturated carbocycles. The number of hydrogen-bond acceptors (Lipinski definition) is 1. The van der Waals surface area contributed by atoms with Crippen molar-refractivity contribution in [1.29, 1.82) is 0 Å². The van der Waals surface area contributed by atoms with Crippen molar-refractivity contribution in [2.24, 2.45) is 5.41 Å². The zero-order chi connectivity index (χ0) is 12.0. The van der Waals surface area contributed by atoms with Crippen LogP contribution in [-0.2, 0) is 6.54 Å². The first kappa shape index (κ1) is 11.0. The third-order valence-corrected chi connectivity index (χ3v) is 4.45. The molecule has 1 aliphatic carbocycles. The predicted molar refractivity (Wildman–Crippen MR) is 73.8 cm³/mol. The standard InChI is InChI=1S/C14H18N2S/c1-3-14(6-7-14)9-16-12-5-4-10(2)8-11(12)15-13(16)17/h4-5,8H,3,6-7,9H2,1-2H3,(H,15,17). The minimum Gasteiger partial charge on any atom is -0.331 e. The highest BCUT2D eigenvalue weighted by Gasteiger charge is 2.41. The van der Waals surface area contributed by atoms with Gasteiger partial charge < -0.3 is 9.55 Å². The number of H-pyrrole nitrogens is 1. The Bertz CT molecular complexity index is 617. The van der Waals surface area contributed by atoms with Gasteiger partial charge in [-0.3, -0.25) is 0 Å². The average Bonchev–Trinajstić information content (AvgIpc) is 3.01. The fraction of sp³-hybridized carbons (Fsp3) is 0.500. The number of hydrogen-bond donors (Lipinski definition) is 1. The molecule has 3 rings (SSSR count). The van der Waals surface area contributed by atoms with Crippen molar-refractivity contribution in [3.63, 3.8) is 0 Å². The van der Waals surface area contributed by atoms with Crippen LogP contribution >= 0.6 is 12.2 Å². The van der Waals surface area contributed by atoms with E-state index < -0.39 is 0 Å². The van der Waals surface area contributed by atoms with Crippen molar-refractivity contribution in [3.8, 4) is 0 Å². The van der Waals surface area contributed by atoms with Gasteiger partial charge in [-0.2, -0.15) is 0 Å². The number of rotatable bonds is 3. The summed E-state index contributed by atoms with van der Waals surface area (Å²) >= 11 is 5.45. The number of benzene rings is 1. The molecule has 0 unspecified atom stereocenters. The number of aromatic nitrogens is 2. The molecule has 90 valence electrons. The van der Waals surface area contributed by atoms with Gasteiger partial charge in [0.1, 0.15) is 0 Å². The summed E-state index contributed by atoms with van der Waals surface area (Å²) in [6.45, 7) is 5.48. The summed E-state index contributed by atoms with van der Waals surface area (Å²) in [7, 11) is 0. The minimum atomic E-state index is 0.526. The van der Waals surface area contributed by atoms with E-state index in [4.69, 9.17) is 12.2 Å². The van der Waals surface area contributed by atoms with Crippen LogP contribution < -0.4 is 0 Å². The smallest absolute Gasteiger partial charge is 0.178 e. The van der Waals surface area contributed by atoms with E-state index in [9.17, 15) is 0 Å². The Morgan fingerprint density at radius 3 is 2.82 bits per heavy atom. The van der Waals surface area contributed by atoms with Gasteiger partial charge in [0.25, 0.3) is 0 Å². The van der Waals surface area contributed by atoms with Gasteiger partial charge in [0, 0.05) is 6.54 Å². The van der Waals surface area contributed by atoms with Gasteiger partial charge in [-0.1, -0.05) is 13.0 Å². The summed E-state index contributed by atoms with van der Waals surface area (Å²) in [6, 6.07) is 6.52. The highest BCUT2D eigenvalue weighted by atomic mass is 32.1. The Hall–Kier alpha value is -1.09. The van der Waals surface area contributed by atoms with Crippen LogP contribution in [-0.4, -0.2) is 9.55 Å². The first-order valence-electron chi connectivity index (χ1n) is 6.33. The number of fused-ring (bicyclic) bond motifs is 1. The van der Waals surface area contributed by atoms with Crippen LogP contribution in [0.2, 0.25) is 0 Å². The molecule has 1 N–H and O–H groups in total. The molecule has 1 heterocycles. The molecule has 1 fully saturated rings. The van der Waals surface area contributed by atoms with Gasteiger partial charge in [0.05, 0.1) is 11.0 Å². The molecule has 2 nitrogen and oxygen atoms in total. The van der Waals surface area contributed by atoms with Crippen molar-refractivity contribution in [1.82, 2.24) is 9.55 Å². The van der Waals surface area contributed by atoms with E-state index in [-0.39, 0.29) is 0 Å². The van der Waals surface area contributed by atoms with Gasteiger partial charge in [0.15, 0.2) is 4.77 Å². The van der Waals surface area contributed by atoms with Crippen molar-refractivity contribution in [2.75, 3.05) is 0 Å². The molecular formula is C14H18N2S. The monoisotopic (exact) mass is 246 g/mol. The lowest BCUT2D eigenvalue weighted by atomic mass is 10.0. The topological polar surface area (TPSA) is 20.7 Å². The zero-order valence-corrected chi connectivity index (χ0v) is 11.2. The van der Waals surface area contributed by atoms with Crippen LogP contribution in [0, 0.1) is 17.1 Å². The van der Waals surface area contributed by atoms with E-state index in [1.165, 1.54) is 35.9 Å². The maximum Gasteiger partial charge on any atom is 0.178 e. The lowest BCUT2D eigenvalue weighted by Crippen LogP contribution is -2.10. The normalized spacial score (nSPS) is 17.5. The summed E-state index contributed by atoms with van der Waals surface area (Å²) in [5.41, 5.74) is 4.22. The first-order valence-corrected chi connectivity index (χ1v) is 6.74. The van der Waals surface area contributed by atoms with E-state index in [0.717, 1.165) is 11.3 Å². The molecule has 1 aromatic carbocycles. The quantitative estimate of drug-likeness (QED) is 0.805. The Kier molecular flexibility index (Phi) is 2.40. The van der Waals surface area contributed by atoms with E-state index in [0.29, 0.717) is 5.41 Å². The number of aromatic amines is 1. The highest BCUT2D eigenvalue weighted by molar-refractivity contribution is 7.71. The largest absolute Gasteiger partial charge is 0.331 e. The van der Waals surface area contributed by atoms with Crippen LogP contribution in [0.5, 0.6) is 0 Å². The SMILES string of the molecule is CCC1(Cn2c(=S)[nH]c3cc(C)ccc32)CC1. The van der Waals surface area contributed by atoms with Crippen LogP contribution in [0.4, 0.5) is 0 Å². The van der Waals surface area contributed by atoms with E-state index in [1.807, 2.05) is 0 Å². The predicted octanol–water partition coefficient (Wildman–Crippen LogP) is 4.20. The molecular weight excluding hydrogens is 228 g/mol. The zero-order valence-electron chi connectivity index (χ0n) is 10.4. The van der Waals surface area contributed by atoms with Gasteiger partial charge in [-0.05, 0) is 61.5 Å². The second-order valence-electron chi connectivity index (χ2n) is 5.39. The number of aryl methyl sites for hydroxylation is 1. The van der Waals surface area contributed by atoms with Crippen molar-refractivity contribution < 1.29 is 0 Å². The van der Waals surface area contributed by atoms with E-state index in [1.54, 1.807) is 0 Å². The molecule has 3 heteroatoms. The summed E-state index contributed by atoms with van der Waals surface area (Å²) in [4.78, 5) is 3.32. The first-order chi connectivity index (χ1) is 8.13. The van der Waals surface area contributed by atoms with Crippen LogP contribution in [0.1, 0.15) is 31.7 Å². The second-order valence-corrected chi connectivity index (χ2v) is 5.78. The third kappa shape index (κ3) is 1.82. The lowest BCUT2D eigenvalue weighted by molar-refractivity contribution is 0.413. The third-order valence-electron chi connectivity index (χ3n) is 4.13. The van der Waals surface area contributed by atoms with E-state index in [2.05, 4.69) is 41.6 Å². The highest BCUT2D eigenvalue weighted by Crippen LogP contribution is 2.50. The van der Waals surface area contributed by atoms with Crippen molar-refractivity contribution >= 4 is 23.3 Å². The molecule has 2 aromatic rings. The molecule has 0 bridgehead atoms. The Labute approximate surface area is 107 Å². The van der Waals surface area contributed by atoms with Crippen LogP contribution in [0.25, 0.3) is 11.0 Å². The molecule has 0 amide bonds. The Morgan fingerprint density at radius 2 is 2.18 bits per heavy atom. The molecule has 0 atom stereocenters. The van der Waals surface area contributed by atoms with Gasteiger partial charge in [-0.25, -0.2) is 0 Å².